The normalized spacial score (nSPS) is 10.6. The zero-order chi connectivity index (χ0) is 15.5. The number of nitrogens with two attached hydrogens (primary N) is 1. The van der Waals surface area contributed by atoms with E-state index in [4.69, 9.17) is 22.7 Å². The maximum atomic E-state index is 7.52. The predicted molar refractivity (Wildman–Crippen MR) is 89.2 cm³/mol. The second-order valence-corrected chi connectivity index (χ2v) is 5.44. The van der Waals surface area contributed by atoms with Crippen LogP contribution in [0.2, 0.25) is 5.02 Å². The summed E-state index contributed by atoms with van der Waals surface area (Å²) in [6.45, 7) is 0.666. The van der Waals surface area contributed by atoms with E-state index < -0.39 is 0 Å². The molecule has 0 amide bonds. The lowest BCUT2D eigenvalue weighted by molar-refractivity contribution is 0.807. The third kappa shape index (κ3) is 3.02. The molecule has 0 saturated heterocycles. The van der Waals surface area contributed by atoms with Gasteiger partial charge in [-0.05, 0) is 35.9 Å². The summed E-state index contributed by atoms with van der Waals surface area (Å²) in [5.74, 6) is 0.954. The summed E-state index contributed by atoms with van der Waals surface area (Å²) in [5, 5.41) is 8.23. The molecule has 0 aliphatic heterocycles. The molecule has 3 aromatic rings. The number of halogens is 1. The Balaban J connectivity index is 1.91. The van der Waals surface area contributed by atoms with Gasteiger partial charge in [0, 0.05) is 35.1 Å². The molecule has 3 rings (SSSR count). The van der Waals surface area contributed by atoms with Gasteiger partial charge in [-0.15, -0.1) is 0 Å². The topological polar surface area (TPSA) is 67.7 Å². The van der Waals surface area contributed by atoms with Gasteiger partial charge in [-0.2, -0.15) is 0 Å². The molecule has 4 nitrogen and oxygen atoms in total. The molecule has 1 heterocycles. The second kappa shape index (κ2) is 6.03. The zero-order valence-electron chi connectivity index (χ0n) is 11.8. The van der Waals surface area contributed by atoms with Crippen LogP contribution in [0.3, 0.4) is 0 Å². The predicted octanol–water partition coefficient (Wildman–Crippen LogP) is 3.54. The molecule has 1 aromatic heterocycles. The molecule has 0 aliphatic carbocycles. The summed E-state index contributed by atoms with van der Waals surface area (Å²) in [6.07, 6.45) is 3.71. The van der Waals surface area contributed by atoms with Gasteiger partial charge in [0.1, 0.15) is 11.7 Å². The van der Waals surface area contributed by atoms with E-state index in [0.29, 0.717) is 11.6 Å². The summed E-state index contributed by atoms with van der Waals surface area (Å²) in [5.41, 5.74) is 8.35. The minimum atomic E-state index is 0.0744. The molecule has 0 spiro atoms. The van der Waals surface area contributed by atoms with Crippen LogP contribution in [-0.4, -0.2) is 15.4 Å². The first-order valence-electron chi connectivity index (χ1n) is 6.84. The fraction of sp³-hybridized carbons (Fsp3) is 0.0588. The van der Waals surface area contributed by atoms with Crippen LogP contribution in [0.4, 0.5) is 0 Å². The molecular formula is C17H15ClN4. The number of rotatable bonds is 4. The number of imidazole rings is 1. The maximum absolute atomic E-state index is 7.52. The lowest BCUT2D eigenvalue weighted by Crippen LogP contribution is -2.11. The van der Waals surface area contributed by atoms with Crippen LogP contribution < -0.4 is 5.73 Å². The summed E-state index contributed by atoms with van der Waals surface area (Å²) in [7, 11) is 0. The molecule has 22 heavy (non-hydrogen) atoms. The number of hydrogen-bond acceptors (Lipinski definition) is 2. The third-order valence-corrected chi connectivity index (χ3v) is 3.66. The Morgan fingerprint density at radius 1 is 1.18 bits per heavy atom. The van der Waals surface area contributed by atoms with E-state index in [2.05, 4.69) is 9.55 Å². The van der Waals surface area contributed by atoms with Crippen molar-refractivity contribution in [2.24, 2.45) is 5.73 Å². The standard InChI is InChI=1S/C17H15ClN4/c18-15-6-4-13(5-7-15)17-21-8-9-22(17)11-12-2-1-3-14(10-12)16(19)20/h1-10H,11H2,(H3,19,20). The summed E-state index contributed by atoms with van der Waals surface area (Å²) < 4.78 is 2.06. The van der Waals surface area contributed by atoms with Gasteiger partial charge in [0.05, 0.1) is 0 Å². The second-order valence-electron chi connectivity index (χ2n) is 5.00. The molecule has 0 radical (unpaired) electrons. The van der Waals surface area contributed by atoms with Gasteiger partial charge >= 0.3 is 0 Å². The molecule has 0 saturated carbocycles. The van der Waals surface area contributed by atoms with Crippen molar-refractivity contribution in [2.75, 3.05) is 0 Å². The molecule has 0 bridgehead atoms. The van der Waals surface area contributed by atoms with Crippen molar-refractivity contribution in [3.63, 3.8) is 0 Å². The quantitative estimate of drug-likeness (QED) is 0.571. The van der Waals surface area contributed by atoms with Crippen LogP contribution in [-0.2, 0) is 6.54 Å². The molecular weight excluding hydrogens is 296 g/mol. The van der Waals surface area contributed by atoms with Crippen molar-refractivity contribution >= 4 is 17.4 Å². The average Bonchev–Trinajstić information content (AvgIpc) is 2.96. The number of hydrogen-bond donors (Lipinski definition) is 2. The molecule has 5 heteroatoms. The smallest absolute Gasteiger partial charge is 0.140 e. The first kappa shape index (κ1) is 14.4. The van der Waals surface area contributed by atoms with E-state index in [9.17, 15) is 0 Å². The fourth-order valence-corrected chi connectivity index (χ4v) is 2.46. The van der Waals surface area contributed by atoms with E-state index in [-0.39, 0.29) is 5.84 Å². The van der Waals surface area contributed by atoms with Crippen LogP contribution in [0.5, 0.6) is 0 Å². The summed E-state index contributed by atoms with van der Waals surface area (Å²) in [4.78, 5) is 4.42. The average molecular weight is 311 g/mol. The maximum Gasteiger partial charge on any atom is 0.140 e. The number of benzene rings is 2. The van der Waals surface area contributed by atoms with Gasteiger partial charge in [-0.25, -0.2) is 4.98 Å². The largest absolute Gasteiger partial charge is 0.384 e. The minimum absolute atomic E-state index is 0.0744. The van der Waals surface area contributed by atoms with E-state index in [1.165, 1.54) is 0 Å². The van der Waals surface area contributed by atoms with Crippen LogP contribution in [0.15, 0.2) is 60.9 Å². The fourth-order valence-electron chi connectivity index (χ4n) is 2.33. The van der Waals surface area contributed by atoms with Gasteiger partial charge in [-0.3, -0.25) is 5.41 Å². The highest BCUT2D eigenvalue weighted by Gasteiger charge is 2.07. The molecule has 0 unspecified atom stereocenters. The monoisotopic (exact) mass is 310 g/mol. The summed E-state index contributed by atoms with van der Waals surface area (Å²) in [6, 6.07) is 15.3. The van der Waals surface area contributed by atoms with Gasteiger partial charge in [0.25, 0.3) is 0 Å². The van der Waals surface area contributed by atoms with E-state index in [1.54, 1.807) is 6.20 Å². The molecule has 0 aliphatic rings. The number of amidine groups is 1. The Labute approximate surface area is 133 Å². The number of aromatic nitrogens is 2. The highest BCUT2D eigenvalue weighted by atomic mass is 35.5. The molecule has 0 atom stereocenters. The Morgan fingerprint density at radius 2 is 1.95 bits per heavy atom. The van der Waals surface area contributed by atoms with Crippen molar-refractivity contribution < 1.29 is 0 Å². The van der Waals surface area contributed by atoms with Crippen molar-refractivity contribution in [1.29, 1.82) is 5.41 Å². The highest BCUT2D eigenvalue weighted by Crippen LogP contribution is 2.21. The number of nitrogen functional groups attached to an aromatic ring is 1. The lowest BCUT2D eigenvalue weighted by Gasteiger charge is -2.09. The third-order valence-electron chi connectivity index (χ3n) is 3.41. The molecule has 2 aromatic carbocycles. The Kier molecular flexibility index (Phi) is 3.94. The zero-order valence-corrected chi connectivity index (χ0v) is 12.6. The molecule has 110 valence electrons. The van der Waals surface area contributed by atoms with Gasteiger partial charge in [0.2, 0.25) is 0 Å². The van der Waals surface area contributed by atoms with Crippen LogP contribution >= 0.6 is 11.6 Å². The van der Waals surface area contributed by atoms with Gasteiger partial charge in [-0.1, -0.05) is 29.8 Å². The van der Waals surface area contributed by atoms with Crippen molar-refractivity contribution in [3.05, 3.63) is 77.1 Å². The summed E-state index contributed by atoms with van der Waals surface area (Å²) >= 11 is 5.93. The van der Waals surface area contributed by atoms with E-state index in [0.717, 1.165) is 22.5 Å². The van der Waals surface area contributed by atoms with Gasteiger partial charge < -0.3 is 10.3 Å². The van der Waals surface area contributed by atoms with E-state index >= 15 is 0 Å². The number of nitrogens with one attached hydrogen (secondary N) is 1. The first-order valence-corrected chi connectivity index (χ1v) is 7.22. The van der Waals surface area contributed by atoms with Crippen LogP contribution in [0.25, 0.3) is 11.4 Å². The van der Waals surface area contributed by atoms with E-state index in [1.807, 2.05) is 54.7 Å². The van der Waals surface area contributed by atoms with Gasteiger partial charge in [0.15, 0.2) is 0 Å². The SMILES string of the molecule is N=C(N)c1cccc(Cn2ccnc2-c2ccc(Cl)cc2)c1. The van der Waals surface area contributed by atoms with Crippen molar-refractivity contribution in [1.82, 2.24) is 9.55 Å². The minimum Gasteiger partial charge on any atom is -0.384 e. The Hall–Kier alpha value is -2.59. The van der Waals surface area contributed by atoms with Crippen molar-refractivity contribution in [2.45, 2.75) is 6.54 Å². The Bertz CT molecular complexity index is 806. The lowest BCUT2D eigenvalue weighted by atomic mass is 10.1. The number of nitrogens with zero attached hydrogens (tertiary/aromatic N) is 2. The Morgan fingerprint density at radius 3 is 2.68 bits per heavy atom. The molecule has 3 N–H and O–H groups in total. The van der Waals surface area contributed by atoms with Crippen LogP contribution in [0, 0.1) is 5.41 Å². The van der Waals surface area contributed by atoms with Crippen molar-refractivity contribution in [3.8, 4) is 11.4 Å². The molecule has 0 fully saturated rings. The first-order chi connectivity index (χ1) is 10.6. The highest BCUT2D eigenvalue weighted by molar-refractivity contribution is 6.30. The van der Waals surface area contributed by atoms with Crippen LogP contribution in [0.1, 0.15) is 11.1 Å².